The van der Waals surface area contributed by atoms with Crippen molar-refractivity contribution in [3.63, 3.8) is 0 Å². The number of nitrogens with zero attached hydrogens (tertiary/aromatic N) is 2. The second-order valence-electron chi connectivity index (χ2n) is 14.8. The second-order valence-corrected chi connectivity index (χ2v) is 15.8. The quantitative estimate of drug-likeness (QED) is 0.184. The lowest BCUT2D eigenvalue weighted by Gasteiger charge is -2.32. The number of amidine groups is 1. The molecule has 5 nitrogen and oxygen atoms in total. The molecular weight excluding hydrogens is 717 g/mol. The van der Waals surface area contributed by atoms with E-state index in [0.717, 1.165) is 55.6 Å². The molecule has 0 bridgehead atoms. The molecule has 0 aliphatic carbocycles. The number of benzene rings is 8. The number of furan rings is 1. The third kappa shape index (κ3) is 5.15. The van der Waals surface area contributed by atoms with Gasteiger partial charge < -0.3 is 14.3 Å². The van der Waals surface area contributed by atoms with Crippen LogP contribution in [-0.2, 0) is 0 Å². The Kier molecular flexibility index (Phi) is 7.24. The Morgan fingerprint density at radius 1 is 0.526 bits per heavy atom. The van der Waals surface area contributed by atoms with Gasteiger partial charge in [0.1, 0.15) is 29.3 Å². The number of rotatable bonds is 5. The van der Waals surface area contributed by atoms with Crippen molar-refractivity contribution in [1.29, 1.82) is 0 Å². The first-order valence-electron chi connectivity index (χ1n) is 19.4. The first-order chi connectivity index (χ1) is 28.2. The molecule has 6 heteroatoms. The smallest absolute Gasteiger partial charge is 0.143 e. The number of hydrogen-bond donors (Lipinski definition) is 2. The maximum absolute atomic E-state index is 6.71. The van der Waals surface area contributed by atoms with Crippen molar-refractivity contribution >= 4 is 81.1 Å². The number of aliphatic imine (C=N–C) groups is 1. The number of hydrogen-bond acceptors (Lipinski definition) is 5. The van der Waals surface area contributed by atoms with Crippen molar-refractivity contribution in [3.05, 3.63) is 199 Å². The van der Waals surface area contributed by atoms with Crippen LogP contribution in [0.3, 0.4) is 0 Å². The SMILES string of the molecule is c1ccc(C2N=C(c3ccc4oc5c(-c6ccc7c(c6)sc6c(-n8c9ccccc9c9ccccc98)cccc67)cccc5c4c3)NC(c3ccccc3)N2)cc1. The maximum Gasteiger partial charge on any atom is 0.143 e. The fourth-order valence-corrected chi connectivity index (χ4v) is 10.1. The average Bonchev–Trinajstić information content (AvgIpc) is 3.96. The highest BCUT2D eigenvalue weighted by atomic mass is 32.1. The molecule has 2 unspecified atom stereocenters. The highest BCUT2D eigenvalue weighted by molar-refractivity contribution is 7.26. The Morgan fingerprint density at radius 2 is 1.19 bits per heavy atom. The molecule has 1 aliphatic rings. The summed E-state index contributed by atoms with van der Waals surface area (Å²) in [4.78, 5) is 5.20. The summed E-state index contributed by atoms with van der Waals surface area (Å²) in [5.74, 6) is 0.847. The van der Waals surface area contributed by atoms with Gasteiger partial charge in [0, 0.05) is 48.1 Å². The van der Waals surface area contributed by atoms with Crippen LogP contribution >= 0.6 is 11.3 Å². The van der Waals surface area contributed by atoms with Gasteiger partial charge in [-0.1, -0.05) is 140 Å². The number of nitrogens with one attached hydrogen (secondary N) is 2. The third-order valence-electron chi connectivity index (χ3n) is 11.5. The van der Waals surface area contributed by atoms with Crippen molar-refractivity contribution < 1.29 is 4.42 Å². The van der Waals surface area contributed by atoms with Crippen LogP contribution in [0.1, 0.15) is 29.0 Å². The largest absolute Gasteiger partial charge is 0.455 e. The van der Waals surface area contributed by atoms with E-state index in [1.54, 1.807) is 0 Å². The van der Waals surface area contributed by atoms with Gasteiger partial charge in [-0.2, -0.15) is 0 Å². The molecule has 0 spiro atoms. The zero-order chi connectivity index (χ0) is 37.5. The number of fused-ring (bicyclic) bond motifs is 9. The Balaban J connectivity index is 0.961. The lowest BCUT2D eigenvalue weighted by Crippen LogP contribution is -2.44. The van der Waals surface area contributed by atoms with E-state index in [9.17, 15) is 0 Å². The summed E-state index contributed by atoms with van der Waals surface area (Å²) in [6.07, 6.45) is -0.299. The fourth-order valence-electron chi connectivity index (χ4n) is 8.81. The van der Waals surface area contributed by atoms with Crippen LogP contribution in [0.25, 0.3) is 80.7 Å². The zero-order valence-electron chi connectivity index (χ0n) is 30.7. The third-order valence-corrected chi connectivity index (χ3v) is 12.7. The van der Waals surface area contributed by atoms with E-state index in [2.05, 4.69) is 185 Å². The lowest BCUT2D eigenvalue weighted by atomic mass is 10.0. The van der Waals surface area contributed by atoms with Gasteiger partial charge >= 0.3 is 0 Å². The van der Waals surface area contributed by atoms with Crippen LogP contribution in [0.4, 0.5) is 0 Å². The standard InChI is InChI=1S/C51H34N4OS/c1-3-13-31(14-4-1)49-52-50(32-15-5-2-6-16-32)54-51(53-49)34-26-28-45-41(29-34)39-20-11-19-35(47(39)56-45)33-25-27-38-40-21-12-24-44(48(40)57-46(38)30-33)55-42-22-9-7-17-36(42)37-18-8-10-23-43(37)55/h1-30,49-50,52H,(H,53,54). The molecule has 3 aromatic heterocycles. The molecule has 2 N–H and O–H groups in total. The summed E-state index contributed by atoms with van der Waals surface area (Å²) in [5, 5.41) is 14.6. The van der Waals surface area contributed by atoms with Crippen molar-refractivity contribution in [3.8, 4) is 16.8 Å². The maximum atomic E-state index is 6.71. The minimum atomic E-state index is -0.196. The molecular formula is C51H34N4OS. The monoisotopic (exact) mass is 750 g/mol. The highest BCUT2D eigenvalue weighted by Crippen LogP contribution is 2.43. The molecule has 270 valence electrons. The molecule has 11 aromatic rings. The van der Waals surface area contributed by atoms with Crippen molar-refractivity contribution in [1.82, 2.24) is 15.2 Å². The van der Waals surface area contributed by atoms with Gasteiger partial charge in [-0.3, -0.25) is 5.32 Å². The molecule has 0 amide bonds. The van der Waals surface area contributed by atoms with E-state index in [-0.39, 0.29) is 12.3 Å². The summed E-state index contributed by atoms with van der Waals surface area (Å²) in [7, 11) is 0. The Morgan fingerprint density at radius 3 is 1.98 bits per heavy atom. The lowest BCUT2D eigenvalue weighted by molar-refractivity contribution is 0.409. The summed E-state index contributed by atoms with van der Waals surface area (Å²) in [5.41, 5.74) is 10.9. The van der Waals surface area contributed by atoms with Crippen LogP contribution in [-0.4, -0.2) is 10.4 Å². The Hall–Kier alpha value is -6.99. The fraction of sp³-hybridized carbons (Fsp3) is 0.0392. The van der Waals surface area contributed by atoms with Gasteiger partial charge in [-0.15, -0.1) is 11.3 Å². The van der Waals surface area contributed by atoms with Crippen molar-refractivity contribution in [2.75, 3.05) is 0 Å². The number of para-hydroxylation sites is 3. The van der Waals surface area contributed by atoms with Crippen molar-refractivity contribution in [2.24, 2.45) is 4.99 Å². The van der Waals surface area contributed by atoms with Crippen LogP contribution in [0.15, 0.2) is 191 Å². The molecule has 0 saturated heterocycles. The van der Waals surface area contributed by atoms with E-state index >= 15 is 0 Å². The van der Waals surface area contributed by atoms with E-state index < -0.39 is 0 Å². The van der Waals surface area contributed by atoms with Crippen LogP contribution in [0, 0.1) is 0 Å². The topological polar surface area (TPSA) is 54.5 Å². The van der Waals surface area contributed by atoms with Gasteiger partial charge in [0.25, 0.3) is 0 Å². The normalized spacial score (nSPS) is 15.9. The van der Waals surface area contributed by atoms with Crippen molar-refractivity contribution in [2.45, 2.75) is 12.3 Å². The second kappa shape index (κ2) is 12.8. The van der Waals surface area contributed by atoms with Gasteiger partial charge in [-0.25, -0.2) is 4.99 Å². The van der Waals surface area contributed by atoms with E-state index in [1.807, 2.05) is 23.5 Å². The molecule has 2 atom stereocenters. The summed E-state index contributed by atoms with van der Waals surface area (Å²) in [6, 6.07) is 64.8. The molecule has 12 rings (SSSR count). The molecule has 8 aromatic carbocycles. The molecule has 0 radical (unpaired) electrons. The first kappa shape index (κ1) is 32.3. The van der Waals surface area contributed by atoms with E-state index in [0.29, 0.717) is 0 Å². The zero-order valence-corrected chi connectivity index (χ0v) is 31.5. The Labute approximate surface area is 332 Å². The molecule has 0 fully saturated rings. The number of aromatic nitrogens is 1. The molecule has 0 saturated carbocycles. The minimum absolute atomic E-state index is 0.103. The first-order valence-corrected chi connectivity index (χ1v) is 20.2. The van der Waals surface area contributed by atoms with Gasteiger partial charge in [0.05, 0.1) is 21.4 Å². The van der Waals surface area contributed by atoms with E-state index in [1.165, 1.54) is 47.7 Å². The summed E-state index contributed by atoms with van der Waals surface area (Å²) in [6.45, 7) is 0. The van der Waals surface area contributed by atoms with Crippen LogP contribution in [0.5, 0.6) is 0 Å². The van der Waals surface area contributed by atoms with Crippen LogP contribution in [0.2, 0.25) is 0 Å². The number of thiophene rings is 1. The van der Waals surface area contributed by atoms with Crippen LogP contribution < -0.4 is 10.6 Å². The Bertz CT molecular complexity index is 3320. The minimum Gasteiger partial charge on any atom is -0.455 e. The predicted octanol–water partition coefficient (Wildman–Crippen LogP) is 13.1. The molecule has 57 heavy (non-hydrogen) atoms. The molecule has 1 aliphatic heterocycles. The predicted molar refractivity (Wildman–Crippen MR) is 238 cm³/mol. The molecule has 4 heterocycles. The summed E-state index contributed by atoms with van der Waals surface area (Å²) >= 11 is 1.86. The highest BCUT2D eigenvalue weighted by Gasteiger charge is 2.26. The van der Waals surface area contributed by atoms with Gasteiger partial charge in [0.15, 0.2) is 0 Å². The van der Waals surface area contributed by atoms with Gasteiger partial charge in [0.2, 0.25) is 0 Å². The average molecular weight is 751 g/mol. The summed E-state index contributed by atoms with van der Waals surface area (Å²) < 4.78 is 11.7. The van der Waals surface area contributed by atoms with E-state index in [4.69, 9.17) is 9.41 Å². The van der Waals surface area contributed by atoms with Gasteiger partial charge in [-0.05, 0) is 59.2 Å².